The van der Waals surface area contributed by atoms with Crippen LogP contribution in [0, 0.1) is 33.5 Å². The largest absolute Gasteiger partial charge is 0.481 e. The van der Waals surface area contributed by atoms with E-state index in [0.717, 1.165) is 5.57 Å². The van der Waals surface area contributed by atoms with Gasteiger partial charge in [-0.25, -0.2) is 0 Å². The molecule has 7 heteroatoms. The fourth-order valence-electron chi connectivity index (χ4n) is 8.64. The van der Waals surface area contributed by atoms with Gasteiger partial charge in [0.1, 0.15) is 11.4 Å². The minimum Gasteiger partial charge on any atom is -0.481 e. The average Bonchev–Trinajstić information content (AvgIpc) is 3.49. The predicted octanol–water partition coefficient (Wildman–Crippen LogP) is 3.99. The third-order valence-electron chi connectivity index (χ3n) is 11.2. The standard InChI is InChI=1S/C30H38O7/c1-15(10-17(31)11-16(2)25(35)36)18-12-23(34)29(7)28(18,6)22(33)13-20-27(5)9-8-21(32)26(3,4)19(27)14-24-30(20,29)37-24/h10,12-13,16,19,23-24,34H,8-9,11,14H2,1-7H3,(H,35,36)/b15-10+/t16-,19-,23+,24-,27-,28-,29+,30+/m0/s1. The van der Waals surface area contributed by atoms with Crippen molar-refractivity contribution in [2.75, 3.05) is 0 Å². The maximum absolute atomic E-state index is 14.1. The summed E-state index contributed by atoms with van der Waals surface area (Å²) in [5, 5.41) is 20.8. The summed E-state index contributed by atoms with van der Waals surface area (Å²) >= 11 is 0. The molecule has 0 unspecified atom stereocenters. The molecule has 2 N–H and O–H groups in total. The number of aliphatic hydroxyl groups excluding tert-OH is 1. The van der Waals surface area contributed by atoms with Crippen molar-refractivity contribution < 1.29 is 34.1 Å². The molecule has 3 fully saturated rings. The molecule has 0 aromatic rings. The molecule has 5 rings (SSSR count). The van der Waals surface area contributed by atoms with Gasteiger partial charge in [0, 0.05) is 23.7 Å². The number of carbonyl (C=O) groups is 4. The molecule has 1 heterocycles. The second-order valence-corrected chi connectivity index (χ2v) is 13.2. The molecule has 1 saturated heterocycles. The summed E-state index contributed by atoms with van der Waals surface area (Å²) < 4.78 is 6.57. The van der Waals surface area contributed by atoms with Gasteiger partial charge in [-0.3, -0.25) is 19.2 Å². The second kappa shape index (κ2) is 7.60. The van der Waals surface area contributed by atoms with Gasteiger partial charge in [-0.15, -0.1) is 0 Å². The summed E-state index contributed by atoms with van der Waals surface area (Å²) in [5.41, 5.74) is -1.82. The minimum absolute atomic E-state index is 0.0373. The van der Waals surface area contributed by atoms with Crippen molar-refractivity contribution in [3.05, 3.63) is 34.9 Å². The van der Waals surface area contributed by atoms with E-state index in [1.807, 2.05) is 27.7 Å². The summed E-state index contributed by atoms with van der Waals surface area (Å²) in [4.78, 5) is 50.8. The number of carbonyl (C=O) groups excluding carboxylic acids is 3. The minimum atomic E-state index is -1.13. The zero-order chi connectivity index (χ0) is 27.5. The smallest absolute Gasteiger partial charge is 0.306 e. The Labute approximate surface area is 218 Å². The van der Waals surface area contributed by atoms with E-state index in [9.17, 15) is 24.3 Å². The highest BCUT2D eigenvalue weighted by Crippen LogP contribution is 2.78. The summed E-state index contributed by atoms with van der Waals surface area (Å²) in [6.07, 6.45) is 5.27. The quantitative estimate of drug-likeness (QED) is 0.424. The molecule has 1 spiro atoms. The number of Topliss-reactive ketones (excluding diaryl/α,β-unsaturated/α-hetero) is 1. The number of fused-ring (bicyclic) bond motifs is 3. The van der Waals surface area contributed by atoms with Crippen LogP contribution >= 0.6 is 0 Å². The normalized spacial score (nSPS) is 44.5. The lowest BCUT2D eigenvalue weighted by Gasteiger charge is -2.60. The lowest BCUT2D eigenvalue weighted by atomic mass is 9.40. The Morgan fingerprint density at radius 3 is 2.46 bits per heavy atom. The molecule has 2 saturated carbocycles. The molecule has 8 atom stereocenters. The van der Waals surface area contributed by atoms with Gasteiger partial charge in [-0.2, -0.15) is 0 Å². The number of allylic oxidation sites excluding steroid dienone is 4. The number of carboxylic acid groups (broad SMARTS) is 1. The van der Waals surface area contributed by atoms with Crippen LogP contribution in [0.15, 0.2) is 34.9 Å². The van der Waals surface area contributed by atoms with Gasteiger partial charge >= 0.3 is 5.97 Å². The first-order chi connectivity index (χ1) is 17.0. The highest BCUT2D eigenvalue weighted by molar-refractivity contribution is 6.03. The fraction of sp³-hybridized carbons (Fsp3) is 0.667. The Balaban J connectivity index is 1.59. The molecule has 0 radical (unpaired) electrons. The number of hydrogen-bond donors (Lipinski definition) is 2. The second-order valence-electron chi connectivity index (χ2n) is 13.2. The molecule has 1 aliphatic heterocycles. The van der Waals surface area contributed by atoms with Crippen LogP contribution in [0.3, 0.4) is 0 Å². The zero-order valence-electron chi connectivity index (χ0n) is 22.8. The zero-order valence-corrected chi connectivity index (χ0v) is 22.8. The van der Waals surface area contributed by atoms with Gasteiger partial charge in [0.05, 0.1) is 23.5 Å². The number of aliphatic hydroxyl groups is 1. The van der Waals surface area contributed by atoms with E-state index < -0.39 is 45.3 Å². The van der Waals surface area contributed by atoms with E-state index in [1.54, 1.807) is 19.1 Å². The first-order valence-corrected chi connectivity index (χ1v) is 13.3. The SMILES string of the molecule is C/C(=C\C(=O)C[C@H](C)C(=O)O)C1=C[C@@H](O)[C@]2(C)[C@]1(C)C(=O)C=C1[C@]23O[C@H]3C[C@H]2C(C)(C)C(=O)CC[C@]12C. The summed E-state index contributed by atoms with van der Waals surface area (Å²) in [6.45, 7) is 13.1. The molecule has 37 heavy (non-hydrogen) atoms. The Morgan fingerprint density at radius 2 is 1.84 bits per heavy atom. The van der Waals surface area contributed by atoms with Crippen molar-refractivity contribution in [1.82, 2.24) is 0 Å². The van der Waals surface area contributed by atoms with E-state index in [4.69, 9.17) is 9.84 Å². The Morgan fingerprint density at radius 1 is 1.19 bits per heavy atom. The van der Waals surface area contributed by atoms with Gasteiger partial charge in [-0.1, -0.05) is 40.7 Å². The maximum atomic E-state index is 14.1. The number of carboxylic acids is 1. The number of epoxide rings is 1. The molecule has 0 aromatic heterocycles. The average molecular weight is 511 g/mol. The number of rotatable bonds is 5. The van der Waals surface area contributed by atoms with E-state index in [1.165, 1.54) is 13.0 Å². The lowest BCUT2D eigenvalue weighted by molar-refractivity contribution is -0.145. The monoisotopic (exact) mass is 510 g/mol. The Bertz CT molecular complexity index is 1240. The van der Waals surface area contributed by atoms with Gasteiger partial charge < -0.3 is 14.9 Å². The molecular weight excluding hydrogens is 472 g/mol. The molecule has 7 nitrogen and oxygen atoms in total. The van der Waals surface area contributed by atoms with Crippen molar-refractivity contribution in [3.8, 4) is 0 Å². The third-order valence-corrected chi connectivity index (χ3v) is 11.2. The molecule has 5 aliphatic rings. The van der Waals surface area contributed by atoms with Crippen molar-refractivity contribution in [2.24, 2.45) is 33.5 Å². The van der Waals surface area contributed by atoms with Crippen LogP contribution in [0.25, 0.3) is 0 Å². The topological polar surface area (TPSA) is 121 Å². The van der Waals surface area contributed by atoms with Crippen LogP contribution < -0.4 is 0 Å². The van der Waals surface area contributed by atoms with E-state index in [-0.39, 0.29) is 35.8 Å². The summed E-state index contributed by atoms with van der Waals surface area (Å²) in [6, 6.07) is 0. The highest BCUT2D eigenvalue weighted by atomic mass is 16.6. The summed E-state index contributed by atoms with van der Waals surface area (Å²) in [5.74, 6) is -2.04. The van der Waals surface area contributed by atoms with Gasteiger partial charge in [0.15, 0.2) is 11.6 Å². The molecule has 0 amide bonds. The number of aliphatic carboxylic acids is 1. The summed E-state index contributed by atoms with van der Waals surface area (Å²) in [7, 11) is 0. The van der Waals surface area contributed by atoms with Gasteiger partial charge in [0.25, 0.3) is 0 Å². The Hall–Kier alpha value is -2.38. The first-order valence-electron chi connectivity index (χ1n) is 13.3. The van der Waals surface area contributed by atoms with Gasteiger partial charge in [0.2, 0.25) is 0 Å². The lowest BCUT2D eigenvalue weighted by Crippen LogP contribution is -2.65. The van der Waals surface area contributed by atoms with Crippen LogP contribution in [0.5, 0.6) is 0 Å². The van der Waals surface area contributed by atoms with Crippen molar-refractivity contribution >= 4 is 23.3 Å². The van der Waals surface area contributed by atoms with Crippen LogP contribution in [-0.2, 0) is 23.9 Å². The number of hydrogen-bond acceptors (Lipinski definition) is 6. The molecular formula is C30H38O7. The van der Waals surface area contributed by atoms with Crippen molar-refractivity contribution in [3.63, 3.8) is 0 Å². The highest BCUT2D eigenvalue weighted by Gasteiger charge is 2.84. The van der Waals surface area contributed by atoms with Crippen LogP contribution in [0.2, 0.25) is 0 Å². The van der Waals surface area contributed by atoms with Crippen molar-refractivity contribution in [2.45, 2.75) is 92.0 Å². The molecule has 0 bridgehead atoms. The van der Waals surface area contributed by atoms with Gasteiger partial charge in [-0.05, 0) is 66.9 Å². The maximum Gasteiger partial charge on any atom is 0.306 e. The van der Waals surface area contributed by atoms with Crippen LogP contribution in [-0.4, -0.2) is 51.3 Å². The first kappa shape index (κ1) is 26.2. The predicted molar refractivity (Wildman–Crippen MR) is 135 cm³/mol. The van der Waals surface area contributed by atoms with E-state index in [2.05, 4.69) is 6.92 Å². The molecule has 4 aliphatic carbocycles. The Kier molecular flexibility index (Phi) is 5.39. The van der Waals surface area contributed by atoms with E-state index in [0.29, 0.717) is 30.4 Å². The molecule has 200 valence electrons. The fourth-order valence-corrected chi connectivity index (χ4v) is 8.64. The third kappa shape index (κ3) is 2.96. The molecule has 0 aromatic carbocycles. The van der Waals surface area contributed by atoms with Crippen LogP contribution in [0.1, 0.15) is 74.1 Å². The van der Waals surface area contributed by atoms with Crippen molar-refractivity contribution in [1.29, 1.82) is 0 Å². The van der Waals surface area contributed by atoms with Crippen LogP contribution in [0.4, 0.5) is 0 Å². The number of ether oxygens (including phenoxy) is 1. The number of ketones is 3. The van der Waals surface area contributed by atoms with E-state index >= 15 is 0 Å².